The van der Waals surface area contributed by atoms with Crippen LogP contribution < -0.4 is 5.43 Å². The van der Waals surface area contributed by atoms with E-state index in [1.165, 1.54) is 0 Å². The topological polar surface area (TPSA) is 56.2 Å². The SMILES string of the molecule is O=C(Nn1cnc2ccccc21)c1ccccc1SCC1CCCO1. The van der Waals surface area contributed by atoms with E-state index in [-0.39, 0.29) is 5.91 Å². The summed E-state index contributed by atoms with van der Waals surface area (Å²) in [6.45, 7) is 0.848. The summed E-state index contributed by atoms with van der Waals surface area (Å²) >= 11 is 1.68. The zero-order chi connectivity index (χ0) is 17.1. The van der Waals surface area contributed by atoms with Gasteiger partial charge in [-0.2, -0.15) is 0 Å². The number of hydrogen-bond donors (Lipinski definition) is 1. The number of nitrogens with one attached hydrogen (secondary N) is 1. The predicted molar refractivity (Wildman–Crippen MR) is 99.6 cm³/mol. The van der Waals surface area contributed by atoms with Crippen molar-refractivity contribution in [3.8, 4) is 0 Å². The largest absolute Gasteiger partial charge is 0.377 e. The Morgan fingerprint density at radius 2 is 2.08 bits per heavy atom. The normalized spacial score (nSPS) is 17.0. The first-order valence-electron chi connectivity index (χ1n) is 8.38. The Labute approximate surface area is 150 Å². The molecule has 0 bridgehead atoms. The number of imidazole rings is 1. The van der Waals surface area contributed by atoms with Gasteiger partial charge in [0, 0.05) is 17.3 Å². The maximum absolute atomic E-state index is 12.8. The molecule has 0 spiro atoms. The fourth-order valence-corrected chi connectivity index (χ4v) is 4.08. The van der Waals surface area contributed by atoms with E-state index in [1.54, 1.807) is 22.8 Å². The maximum atomic E-state index is 12.8. The van der Waals surface area contributed by atoms with Crippen LogP contribution in [0.15, 0.2) is 59.8 Å². The van der Waals surface area contributed by atoms with Gasteiger partial charge in [-0.15, -0.1) is 11.8 Å². The molecular weight excluding hydrogens is 334 g/mol. The molecule has 0 radical (unpaired) electrons. The molecule has 0 aliphatic carbocycles. The lowest BCUT2D eigenvalue weighted by Gasteiger charge is -2.13. The first-order chi connectivity index (χ1) is 12.3. The number of amides is 1. The van der Waals surface area contributed by atoms with Gasteiger partial charge in [0.1, 0.15) is 6.33 Å². The maximum Gasteiger partial charge on any atom is 0.271 e. The summed E-state index contributed by atoms with van der Waals surface area (Å²) in [5, 5.41) is 0. The Bertz CT molecular complexity index is 887. The molecule has 1 fully saturated rings. The van der Waals surface area contributed by atoms with Gasteiger partial charge in [-0.25, -0.2) is 9.66 Å². The second-order valence-electron chi connectivity index (χ2n) is 5.99. The fraction of sp³-hybridized carbons (Fsp3) is 0.263. The number of carbonyl (C=O) groups is 1. The summed E-state index contributed by atoms with van der Waals surface area (Å²) in [5.74, 6) is 0.733. The van der Waals surface area contributed by atoms with Gasteiger partial charge < -0.3 is 4.74 Å². The molecule has 1 aliphatic rings. The molecule has 2 heterocycles. The molecule has 1 saturated heterocycles. The summed E-state index contributed by atoms with van der Waals surface area (Å²) in [5.41, 5.74) is 5.32. The third-order valence-corrected chi connectivity index (χ3v) is 5.46. The van der Waals surface area contributed by atoms with Crippen molar-refractivity contribution >= 4 is 28.7 Å². The summed E-state index contributed by atoms with van der Waals surface area (Å²) in [6, 6.07) is 15.4. The number of benzene rings is 2. The van der Waals surface area contributed by atoms with Crippen molar-refractivity contribution in [3.05, 3.63) is 60.4 Å². The number of thioether (sulfide) groups is 1. The molecule has 6 heteroatoms. The van der Waals surface area contributed by atoms with Crippen LogP contribution in [0.2, 0.25) is 0 Å². The van der Waals surface area contributed by atoms with E-state index in [4.69, 9.17) is 4.74 Å². The Balaban J connectivity index is 1.51. The van der Waals surface area contributed by atoms with Gasteiger partial charge in [-0.1, -0.05) is 24.3 Å². The minimum atomic E-state index is -0.140. The van der Waals surface area contributed by atoms with E-state index >= 15 is 0 Å². The van der Waals surface area contributed by atoms with Crippen LogP contribution in [0.5, 0.6) is 0 Å². The van der Waals surface area contributed by atoms with Gasteiger partial charge in [0.25, 0.3) is 5.91 Å². The standard InChI is InChI=1S/C19H19N3O2S/c23-19(21-22-13-20-16-8-2-3-9-17(16)22)15-7-1-4-10-18(15)25-12-14-6-5-11-24-14/h1-4,7-10,13-14H,5-6,11-12H2,(H,21,23). The van der Waals surface area contributed by atoms with Gasteiger partial charge in [-0.3, -0.25) is 10.2 Å². The molecule has 1 amide bonds. The van der Waals surface area contributed by atoms with E-state index in [2.05, 4.69) is 10.4 Å². The number of ether oxygens (including phenoxy) is 1. The first-order valence-corrected chi connectivity index (χ1v) is 9.37. The number of hydrogen-bond acceptors (Lipinski definition) is 4. The Hall–Kier alpha value is -2.31. The predicted octanol–water partition coefficient (Wildman–Crippen LogP) is 3.69. The van der Waals surface area contributed by atoms with Gasteiger partial charge >= 0.3 is 0 Å². The lowest BCUT2D eigenvalue weighted by atomic mass is 10.2. The summed E-state index contributed by atoms with van der Waals surface area (Å²) in [4.78, 5) is 18.0. The fourth-order valence-electron chi connectivity index (χ4n) is 2.96. The molecule has 5 nitrogen and oxygen atoms in total. The number of para-hydroxylation sites is 2. The monoisotopic (exact) mass is 353 g/mol. The van der Waals surface area contributed by atoms with Crippen LogP contribution in [0.4, 0.5) is 0 Å². The zero-order valence-electron chi connectivity index (χ0n) is 13.7. The van der Waals surface area contributed by atoms with Gasteiger partial charge in [-0.05, 0) is 37.1 Å². The molecule has 1 aliphatic heterocycles. The minimum Gasteiger partial charge on any atom is -0.377 e. The van der Waals surface area contributed by atoms with Gasteiger partial charge in [0.2, 0.25) is 0 Å². The van der Waals surface area contributed by atoms with Gasteiger partial charge in [0.05, 0.1) is 22.7 Å². The number of carbonyl (C=O) groups excluding carboxylic acids is 1. The Morgan fingerprint density at radius 1 is 1.24 bits per heavy atom. The van der Waals surface area contributed by atoms with E-state index in [9.17, 15) is 4.79 Å². The quantitative estimate of drug-likeness (QED) is 0.711. The first kappa shape index (κ1) is 16.2. The lowest BCUT2D eigenvalue weighted by Crippen LogP contribution is -2.22. The summed E-state index contributed by atoms with van der Waals surface area (Å²) < 4.78 is 7.34. The lowest BCUT2D eigenvalue weighted by molar-refractivity contribution is 0.101. The van der Waals surface area contributed by atoms with Crippen LogP contribution in [0.3, 0.4) is 0 Å². The second kappa shape index (κ2) is 7.29. The molecule has 1 unspecified atom stereocenters. The molecule has 25 heavy (non-hydrogen) atoms. The minimum absolute atomic E-state index is 0.140. The van der Waals surface area contributed by atoms with Crippen molar-refractivity contribution in [2.75, 3.05) is 17.8 Å². The third-order valence-electron chi connectivity index (χ3n) is 4.26. The van der Waals surface area contributed by atoms with Crippen molar-refractivity contribution in [2.24, 2.45) is 0 Å². The van der Waals surface area contributed by atoms with Crippen molar-refractivity contribution in [3.63, 3.8) is 0 Å². The van der Waals surface area contributed by atoms with Crippen LogP contribution in [0.1, 0.15) is 23.2 Å². The molecule has 4 rings (SSSR count). The van der Waals surface area contributed by atoms with Crippen LogP contribution >= 0.6 is 11.8 Å². The smallest absolute Gasteiger partial charge is 0.271 e. The molecule has 3 aromatic rings. The van der Waals surface area contributed by atoms with E-state index in [0.29, 0.717) is 11.7 Å². The van der Waals surface area contributed by atoms with Crippen molar-refractivity contribution in [2.45, 2.75) is 23.8 Å². The highest BCUT2D eigenvalue weighted by molar-refractivity contribution is 7.99. The molecule has 128 valence electrons. The van der Waals surface area contributed by atoms with Crippen LogP contribution in [0, 0.1) is 0 Å². The number of aromatic nitrogens is 2. The van der Waals surface area contributed by atoms with Crippen molar-refractivity contribution in [1.29, 1.82) is 0 Å². The Kier molecular flexibility index (Phi) is 4.72. The average Bonchev–Trinajstić information content (AvgIpc) is 3.30. The summed E-state index contributed by atoms with van der Waals surface area (Å²) in [7, 11) is 0. The number of nitrogens with zero attached hydrogens (tertiary/aromatic N) is 2. The molecule has 1 aromatic heterocycles. The van der Waals surface area contributed by atoms with E-state index < -0.39 is 0 Å². The van der Waals surface area contributed by atoms with E-state index in [0.717, 1.165) is 41.1 Å². The third kappa shape index (κ3) is 3.55. The highest BCUT2D eigenvalue weighted by Gasteiger charge is 2.18. The highest BCUT2D eigenvalue weighted by atomic mass is 32.2. The molecule has 2 aromatic carbocycles. The zero-order valence-corrected chi connectivity index (χ0v) is 14.5. The second-order valence-corrected chi connectivity index (χ2v) is 7.05. The van der Waals surface area contributed by atoms with E-state index in [1.807, 2.05) is 48.5 Å². The highest BCUT2D eigenvalue weighted by Crippen LogP contribution is 2.27. The molecule has 1 N–H and O–H groups in total. The van der Waals surface area contributed by atoms with Crippen LogP contribution in [-0.2, 0) is 4.74 Å². The number of rotatable bonds is 5. The van der Waals surface area contributed by atoms with Crippen molar-refractivity contribution < 1.29 is 9.53 Å². The molecule has 1 atom stereocenters. The van der Waals surface area contributed by atoms with Crippen molar-refractivity contribution in [1.82, 2.24) is 9.66 Å². The number of fused-ring (bicyclic) bond motifs is 1. The Morgan fingerprint density at radius 3 is 2.96 bits per heavy atom. The summed E-state index contributed by atoms with van der Waals surface area (Å²) in [6.07, 6.45) is 4.15. The average molecular weight is 353 g/mol. The van der Waals surface area contributed by atoms with Gasteiger partial charge in [0.15, 0.2) is 0 Å². The molecular formula is C19H19N3O2S. The van der Waals surface area contributed by atoms with Crippen LogP contribution in [-0.4, -0.2) is 34.0 Å². The van der Waals surface area contributed by atoms with Crippen LogP contribution in [0.25, 0.3) is 11.0 Å². The molecule has 0 saturated carbocycles.